The number of hydrogen-bond donors (Lipinski definition) is 1. The van der Waals surface area contributed by atoms with Gasteiger partial charge in [-0.2, -0.15) is 5.26 Å². The Hall–Kier alpha value is -3.01. The second kappa shape index (κ2) is 4.70. The molecule has 7 heteroatoms. The third kappa shape index (κ3) is 2.32. The van der Waals surface area contributed by atoms with Gasteiger partial charge < -0.3 is 5.73 Å². The number of nitriles is 1. The summed E-state index contributed by atoms with van der Waals surface area (Å²) in [5.74, 6) is -0.0412. The third-order valence-corrected chi connectivity index (χ3v) is 2.52. The maximum atomic E-state index is 11.1. The highest BCUT2D eigenvalue weighted by Crippen LogP contribution is 2.30. The van der Waals surface area contributed by atoms with Gasteiger partial charge in [0.25, 0.3) is 0 Å². The largest absolute Gasteiger partial charge is 0.368 e. The Morgan fingerprint density at radius 2 is 2.16 bits per heavy atom. The number of aromatic nitrogens is 2. The molecule has 94 valence electrons. The molecular formula is C12H9N5O2. The van der Waals surface area contributed by atoms with Crippen LogP contribution in [-0.4, -0.2) is 14.9 Å². The summed E-state index contributed by atoms with van der Waals surface area (Å²) in [6, 6.07) is 8.36. The van der Waals surface area contributed by atoms with Crippen LogP contribution in [0.5, 0.6) is 0 Å². The molecular weight excluding hydrogens is 246 g/mol. The average molecular weight is 255 g/mol. The minimum Gasteiger partial charge on any atom is -0.368 e. The SMILES string of the molecule is Cc1nc(N)nc(-c2cccc(C#N)c2)c1[N+](=O)[O-]. The first-order chi connectivity index (χ1) is 9.02. The number of anilines is 1. The van der Waals surface area contributed by atoms with Crippen molar-refractivity contribution < 1.29 is 4.92 Å². The summed E-state index contributed by atoms with van der Waals surface area (Å²) >= 11 is 0. The van der Waals surface area contributed by atoms with Gasteiger partial charge in [-0.1, -0.05) is 12.1 Å². The fraction of sp³-hybridized carbons (Fsp3) is 0.0833. The van der Waals surface area contributed by atoms with Crippen LogP contribution >= 0.6 is 0 Å². The number of rotatable bonds is 2. The Balaban J connectivity index is 2.74. The molecule has 0 radical (unpaired) electrons. The zero-order valence-electron chi connectivity index (χ0n) is 9.99. The molecule has 1 aromatic heterocycles. The molecule has 0 aliphatic carbocycles. The number of nitro groups is 1. The van der Waals surface area contributed by atoms with Crippen molar-refractivity contribution >= 4 is 11.6 Å². The van der Waals surface area contributed by atoms with Crippen LogP contribution in [0.15, 0.2) is 24.3 Å². The molecule has 0 saturated heterocycles. The molecule has 0 unspecified atom stereocenters. The molecule has 1 heterocycles. The molecule has 0 bridgehead atoms. The summed E-state index contributed by atoms with van der Waals surface area (Å²) in [6.45, 7) is 1.49. The van der Waals surface area contributed by atoms with Gasteiger partial charge in [-0.25, -0.2) is 9.97 Å². The molecule has 19 heavy (non-hydrogen) atoms. The van der Waals surface area contributed by atoms with Gasteiger partial charge in [0.2, 0.25) is 5.95 Å². The molecule has 2 N–H and O–H groups in total. The van der Waals surface area contributed by atoms with E-state index in [1.54, 1.807) is 18.2 Å². The van der Waals surface area contributed by atoms with E-state index >= 15 is 0 Å². The van der Waals surface area contributed by atoms with Crippen molar-refractivity contribution in [2.75, 3.05) is 5.73 Å². The van der Waals surface area contributed by atoms with Crippen LogP contribution < -0.4 is 5.73 Å². The third-order valence-electron chi connectivity index (χ3n) is 2.52. The number of nitrogen functional groups attached to an aromatic ring is 1. The van der Waals surface area contributed by atoms with E-state index < -0.39 is 4.92 Å². The first kappa shape index (κ1) is 12.4. The Bertz CT molecular complexity index is 706. The van der Waals surface area contributed by atoms with E-state index in [-0.39, 0.29) is 23.0 Å². The van der Waals surface area contributed by atoms with Gasteiger partial charge in [0.05, 0.1) is 16.6 Å². The molecule has 1 aromatic carbocycles. The minimum atomic E-state index is -0.552. The quantitative estimate of drug-likeness (QED) is 0.645. The molecule has 7 nitrogen and oxygen atoms in total. The van der Waals surface area contributed by atoms with Crippen LogP contribution in [0.25, 0.3) is 11.3 Å². The Morgan fingerprint density at radius 3 is 2.79 bits per heavy atom. The second-order valence-electron chi connectivity index (χ2n) is 3.81. The summed E-state index contributed by atoms with van der Waals surface area (Å²) in [7, 11) is 0. The van der Waals surface area contributed by atoms with E-state index in [0.29, 0.717) is 11.1 Å². The van der Waals surface area contributed by atoms with E-state index in [1.807, 2.05) is 6.07 Å². The van der Waals surface area contributed by atoms with Crippen molar-refractivity contribution in [3.63, 3.8) is 0 Å². The first-order valence-electron chi connectivity index (χ1n) is 5.32. The van der Waals surface area contributed by atoms with Crippen molar-refractivity contribution in [2.45, 2.75) is 6.92 Å². The number of nitrogens with two attached hydrogens (primary N) is 1. The first-order valence-corrected chi connectivity index (χ1v) is 5.32. The van der Waals surface area contributed by atoms with Crippen LogP contribution in [0.3, 0.4) is 0 Å². The molecule has 0 aliphatic rings. The molecule has 0 fully saturated rings. The summed E-state index contributed by atoms with van der Waals surface area (Å²) in [5, 5.41) is 20.0. The van der Waals surface area contributed by atoms with Gasteiger partial charge >= 0.3 is 5.69 Å². The number of nitrogens with zero attached hydrogens (tertiary/aromatic N) is 4. The van der Waals surface area contributed by atoms with Gasteiger partial charge in [-0.3, -0.25) is 10.1 Å². The zero-order chi connectivity index (χ0) is 14.0. The van der Waals surface area contributed by atoms with E-state index in [4.69, 9.17) is 11.0 Å². The predicted octanol–water partition coefficient (Wildman–Crippen LogP) is 1.81. The maximum absolute atomic E-state index is 11.1. The lowest BCUT2D eigenvalue weighted by molar-refractivity contribution is -0.385. The molecule has 0 saturated carbocycles. The van der Waals surface area contributed by atoms with Crippen LogP contribution in [0.2, 0.25) is 0 Å². The van der Waals surface area contributed by atoms with Gasteiger partial charge in [0.1, 0.15) is 5.69 Å². The van der Waals surface area contributed by atoms with E-state index in [0.717, 1.165) is 0 Å². The maximum Gasteiger partial charge on any atom is 0.316 e. The fourth-order valence-corrected chi connectivity index (χ4v) is 1.74. The van der Waals surface area contributed by atoms with E-state index in [9.17, 15) is 10.1 Å². The van der Waals surface area contributed by atoms with Crippen LogP contribution in [0.1, 0.15) is 11.3 Å². The van der Waals surface area contributed by atoms with Crippen molar-refractivity contribution in [2.24, 2.45) is 0 Å². The van der Waals surface area contributed by atoms with Crippen molar-refractivity contribution in [3.8, 4) is 17.3 Å². The smallest absolute Gasteiger partial charge is 0.316 e. The zero-order valence-corrected chi connectivity index (χ0v) is 9.99. The van der Waals surface area contributed by atoms with Crippen molar-refractivity contribution in [3.05, 3.63) is 45.6 Å². The minimum absolute atomic E-state index is 0.0412. The topological polar surface area (TPSA) is 119 Å². The summed E-state index contributed by atoms with van der Waals surface area (Å²) in [6.07, 6.45) is 0. The molecule has 0 atom stereocenters. The monoisotopic (exact) mass is 255 g/mol. The second-order valence-corrected chi connectivity index (χ2v) is 3.81. The standard InChI is InChI=1S/C12H9N5O2/c1-7-11(17(18)19)10(16-12(14)15-7)9-4-2-3-8(5-9)6-13/h2-5H,1H3,(H2,14,15,16). The van der Waals surface area contributed by atoms with Gasteiger partial charge in [0, 0.05) is 5.56 Å². The van der Waals surface area contributed by atoms with Gasteiger partial charge in [-0.05, 0) is 19.1 Å². The van der Waals surface area contributed by atoms with Gasteiger partial charge in [0.15, 0.2) is 5.69 Å². The number of benzene rings is 1. The normalized spacial score (nSPS) is 9.89. The summed E-state index contributed by atoms with van der Waals surface area (Å²) in [4.78, 5) is 18.2. The Labute approximate surface area is 108 Å². The fourth-order valence-electron chi connectivity index (χ4n) is 1.74. The Kier molecular flexibility index (Phi) is 3.08. The Morgan fingerprint density at radius 1 is 1.42 bits per heavy atom. The van der Waals surface area contributed by atoms with Crippen LogP contribution in [0.4, 0.5) is 11.6 Å². The lowest BCUT2D eigenvalue weighted by Gasteiger charge is -2.05. The highest BCUT2D eigenvalue weighted by atomic mass is 16.6. The van der Waals surface area contributed by atoms with E-state index in [2.05, 4.69) is 9.97 Å². The molecule has 0 spiro atoms. The molecule has 0 aliphatic heterocycles. The average Bonchev–Trinajstić information content (AvgIpc) is 2.37. The number of hydrogen-bond acceptors (Lipinski definition) is 6. The lowest BCUT2D eigenvalue weighted by atomic mass is 10.1. The molecule has 2 rings (SSSR count). The van der Waals surface area contributed by atoms with Crippen LogP contribution in [0, 0.1) is 28.4 Å². The summed E-state index contributed by atoms with van der Waals surface area (Å²) < 4.78 is 0. The highest BCUT2D eigenvalue weighted by Gasteiger charge is 2.22. The summed E-state index contributed by atoms with van der Waals surface area (Å²) in [5.41, 5.74) is 6.48. The van der Waals surface area contributed by atoms with Crippen molar-refractivity contribution in [1.82, 2.24) is 9.97 Å². The molecule has 2 aromatic rings. The van der Waals surface area contributed by atoms with Gasteiger partial charge in [-0.15, -0.1) is 0 Å². The van der Waals surface area contributed by atoms with E-state index in [1.165, 1.54) is 13.0 Å². The van der Waals surface area contributed by atoms with Crippen LogP contribution in [-0.2, 0) is 0 Å². The predicted molar refractivity (Wildman–Crippen MR) is 68.0 cm³/mol. The molecule has 0 amide bonds. The van der Waals surface area contributed by atoms with Crippen molar-refractivity contribution in [1.29, 1.82) is 5.26 Å². The highest BCUT2D eigenvalue weighted by molar-refractivity contribution is 5.72. The lowest BCUT2D eigenvalue weighted by Crippen LogP contribution is -2.04. The number of aryl methyl sites for hydroxylation is 1.